The molecule has 0 fully saturated rings. The van der Waals surface area contributed by atoms with Gasteiger partial charge in [0.1, 0.15) is 5.82 Å². The molecule has 0 aromatic heterocycles. The first-order valence-corrected chi connectivity index (χ1v) is 5.36. The van der Waals surface area contributed by atoms with Crippen molar-refractivity contribution in [2.24, 2.45) is 0 Å². The number of nitrogens with zero attached hydrogens (tertiary/aromatic N) is 1. The highest BCUT2D eigenvalue weighted by atomic mass is 19.1. The number of likely N-dealkylation sites (N-methyl/N-ethyl adjacent to an activating group) is 1. The summed E-state index contributed by atoms with van der Waals surface area (Å²) >= 11 is 0. The standard InChI is InChI=1S/C14H14FNO2/c1-3-11(7-8-16(2)10-14(17)18)12-5-4-6-13(15)9-12/h1,4-7,9H,8,10H2,2H3,(H,17,18). The van der Waals surface area contributed by atoms with Crippen LogP contribution in [0.2, 0.25) is 0 Å². The number of carboxylic acid groups (broad SMARTS) is 1. The Kier molecular flexibility index (Phi) is 5.09. The second-order valence-corrected chi connectivity index (χ2v) is 3.86. The van der Waals surface area contributed by atoms with E-state index in [1.807, 2.05) is 0 Å². The number of halogens is 1. The highest BCUT2D eigenvalue weighted by molar-refractivity contribution is 5.78. The van der Waals surface area contributed by atoms with Crippen LogP contribution >= 0.6 is 0 Å². The van der Waals surface area contributed by atoms with Crippen molar-refractivity contribution < 1.29 is 14.3 Å². The van der Waals surface area contributed by atoms with Gasteiger partial charge in [-0.25, -0.2) is 4.39 Å². The second-order valence-electron chi connectivity index (χ2n) is 3.86. The van der Waals surface area contributed by atoms with E-state index in [1.165, 1.54) is 12.1 Å². The van der Waals surface area contributed by atoms with E-state index in [-0.39, 0.29) is 12.4 Å². The summed E-state index contributed by atoms with van der Waals surface area (Å²) in [6.07, 6.45) is 7.07. The number of carboxylic acids is 1. The zero-order valence-electron chi connectivity index (χ0n) is 10.1. The molecule has 0 aliphatic carbocycles. The molecular weight excluding hydrogens is 233 g/mol. The normalized spacial score (nSPS) is 11.3. The van der Waals surface area contributed by atoms with Gasteiger partial charge in [0, 0.05) is 12.1 Å². The van der Waals surface area contributed by atoms with Gasteiger partial charge in [-0.2, -0.15) is 0 Å². The first-order chi connectivity index (χ1) is 8.52. The summed E-state index contributed by atoms with van der Waals surface area (Å²) in [4.78, 5) is 12.1. The molecule has 1 rings (SSSR count). The molecule has 0 atom stereocenters. The predicted molar refractivity (Wildman–Crippen MR) is 68.3 cm³/mol. The number of terminal acetylenes is 1. The van der Waals surface area contributed by atoms with Crippen molar-refractivity contribution in [3.63, 3.8) is 0 Å². The Bertz CT molecular complexity index is 503. The van der Waals surface area contributed by atoms with E-state index in [2.05, 4.69) is 5.92 Å². The minimum atomic E-state index is -0.904. The number of hydrogen-bond acceptors (Lipinski definition) is 2. The largest absolute Gasteiger partial charge is 0.480 e. The molecule has 0 unspecified atom stereocenters. The van der Waals surface area contributed by atoms with Gasteiger partial charge >= 0.3 is 5.97 Å². The van der Waals surface area contributed by atoms with Crippen LogP contribution in [0.1, 0.15) is 5.56 Å². The predicted octanol–water partition coefficient (Wildman–Crippen LogP) is 1.86. The Hall–Kier alpha value is -2.12. The third-order valence-electron chi connectivity index (χ3n) is 2.30. The number of aliphatic carboxylic acids is 1. The Morgan fingerprint density at radius 2 is 2.33 bits per heavy atom. The van der Waals surface area contributed by atoms with Crippen molar-refractivity contribution in [2.75, 3.05) is 20.1 Å². The summed E-state index contributed by atoms with van der Waals surface area (Å²) in [5.41, 5.74) is 1.16. The number of hydrogen-bond donors (Lipinski definition) is 1. The Morgan fingerprint density at radius 1 is 1.61 bits per heavy atom. The van der Waals surface area contributed by atoms with Gasteiger partial charge in [0.25, 0.3) is 0 Å². The van der Waals surface area contributed by atoms with Crippen molar-refractivity contribution in [1.29, 1.82) is 0 Å². The van der Waals surface area contributed by atoms with Crippen LogP contribution < -0.4 is 0 Å². The second kappa shape index (κ2) is 6.58. The van der Waals surface area contributed by atoms with Crippen LogP contribution in [-0.4, -0.2) is 36.1 Å². The molecule has 94 valence electrons. The van der Waals surface area contributed by atoms with Crippen LogP contribution in [0.15, 0.2) is 30.3 Å². The van der Waals surface area contributed by atoms with E-state index in [1.54, 1.807) is 30.2 Å². The van der Waals surface area contributed by atoms with Crippen LogP contribution in [0.25, 0.3) is 5.57 Å². The molecule has 0 saturated carbocycles. The first kappa shape index (κ1) is 13.9. The minimum absolute atomic E-state index is 0.0719. The molecule has 0 aliphatic rings. The first-order valence-electron chi connectivity index (χ1n) is 5.36. The summed E-state index contributed by atoms with van der Waals surface area (Å²) in [7, 11) is 1.67. The molecule has 0 amide bonds. The minimum Gasteiger partial charge on any atom is -0.480 e. The van der Waals surface area contributed by atoms with E-state index in [4.69, 9.17) is 11.5 Å². The summed E-state index contributed by atoms with van der Waals surface area (Å²) in [6.45, 7) is 0.319. The molecule has 1 aromatic carbocycles. The van der Waals surface area contributed by atoms with E-state index in [0.717, 1.165) is 0 Å². The van der Waals surface area contributed by atoms with Gasteiger partial charge in [0.15, 0.2) is 0 Å². The fraction of sp³-hybridized carbons (Fsp3) is 0.214. The molecule has 0 radical (unpaired) electrons. The maximum absolute atomic E-state index is 13.1. The average Bonchev–Trinajstić information content (AvgIpc) is 2.29. The lowest BCUT2D eigenvalue weighted by molar-refractivity contribution is -0.137. The van der Waals surface area contributed by atoms with Gasteiger partial charge in [-0.1, -0.05) is 24.1 Å². The molecular formula is C14H14FNO2. The van der Waals surface area contributed by atoms with Gasteiger partial charge < -0.3 is 5.11 Å². The average molecular weight is 247 g/mol. The number of allylic oxidation sites excluding steroid dienone is 1. The van der Waals surface area contributed by atoms with Crippen LogP contribution in [0.5, 0.6) is 0 Å². The molecule has 4 heteroatoms. The molecule has 0 bridgehead atoms. The Balaban J connectivity index is 2.78. The van der Waals surface area contributed by atoms with Gasteiger partial charge in [-0.05, 0) is 24.7 Å². The third-order valence-corrected chi connectivity index (χ3v) is 2.30. The van der Waals surface area contributed by atoms with Crippen LogP contribution in [0.3, 0.4) is 0 Å². The van der Waals surface area contributed by atoms with E-state index in [9.17, 15) is 9.18 Å². The van der Waals surface area contributed by atoms with Crippen LogP contribution in [0, 0.1) is 18.2 Å². The monoisotopic (exact) mass is 247 g/mol. The maximum atomic E-state index is 13.1. The van der Waals surface area contributed by atoms with E-state index >= 15 is 0 Å². The molecule has 0 spiro atoms. The zero-order chi connectivity index (χ0) is 13.5. The SMILES string of the molecule is C#CC(=CCN(C)CC(=O)O)c1cccc(F)c1. The number of rotatable bonds is 5. The molecule has 0 aliphatic heterocycles. The fourth-order valence-electron chi connectivity index (χ4n) is 1.46. The zero-order valence-corrected chi connectivity index (χ0v) is 10.1. The lowest BCUT2D eigenvalue weighted by atomic mass is 10.1. The quantitative estimate of drug-likeness (QED) is 0.807. The highest BCUT2D eigenvalue weighted by Gasteiger charge is 2.04. The summed E-state index contributed by atoms with van der Waals surface area (Å²) in [6, 6.07) is 5.99. The van der Waals surface area contributed by atoms with Gasteiger partial charge in [0.05, 0.1) is 6.54 Å². The third kappa shape index (κ3) is 4.40. The van der Waals surface area contributed by atoms with Crippen LogP contribution in [-0.2, 0) is 4.79 Å². The summed E-state index contributed by atoms with van der Waals surface area (Å²) < 4.78 is 13.1. The smallest absolute Gasteiger partial charge is 0.317 e. The highest BCUT2D eigenvalue weighted by Crippen LogP contribution is 2.14. The van der Waals surface area contributed by atoms with E-state index < -0.39 is 5.97 Å². The lowest BCUT2D eigenvalue weighted by Gasteiger charge is -2.11. The summed E-state index contributed by atoms with van der Waals surface area (Å²) in [5, 5.41) is 8.61. The molecule has 1 aromatic rings. The van der Waals surface area contributed by atoms with Crippen molar-refractivity contribution >= 4 is 11.5 Å². The molecule has 0 heterocycles. The summed E-state index contributed by atoms with van der Waals surface area (Å²) in [5.74, 6) is 1.22. The van der Waals surface area contributed by atoms with Crippen molar-refractivity contribution in [3.05, 3.63) is 41.7 Å². The van der Waals surface area contributed by atoms with E-state index in [0.29, 0.717) is 17.7 Å². The molecule has 1 N–H and O–H groups in total. The Labute approximate surface area is 106 Å². The van der Waals surface area contributed by atoms with Crippen molar-refractivity contribution in [3.8, 4) is 12.3 Å². The van der Waals surface area contributed by atoms with Gasteiger partial charge in [0.2, 0.25) is 0 Å². The topological polar surface area (TPSA) is 40.5 Å². The molecule has 3 nitrogen and oxygen atoms in total. The lowest BCUT2D eigenvalue weighted by Crippen LogP contribution is -2.25. The maximum Gasteiger partial charge on any atom is 0.317 e. The molecule has 0 saturated heterocycles. The number of carbonyl (C=O) groups is 1. The molecule has 18 heavy (non-hydrogen) atoms. The Morgan fingerprint density at radius 3 is 2.89 bits per heavy atom. The van der Waals surface area contributed by atoms with Crippen LogP contribution in [0.4, 0.5) is 4.39 Å². The van der Waals surface area contributed by atoms with Gasteiger partial charge in [-0.15, -0.1) is 6.42 Å². The van der Waals surface area contributed by atoms with Crippen molar-refractivity contribution in [2.45, 2.75) is 0 Å². The van der Waals surface area contributed by atoms with Crippen molar-refractivity contribution in [1.82, 2.24) is 4.90 Å². The van der Waals surface area contributed by atoms with Gasteiger partial charge in [-0.3, -0.25) is 9.69 Å². The fourth-order valence-corrected chi connectivity index (χ4v) is 1.46. The number of benzene rings is 1.